The third-order valence-corrected chi connectivity index (χ3v) is 8.28. The Morgan fingerprint density at radius 2 is 1.88 bits per heavy atom. The van der Waals surface area contributed by atoms with Crippen LogP contribution in [0.15, 0.2) is 58.3 Å². The molecule has 1 fully saturated rings. The molecule has 5 rings (SSSR count). The summed E-state index contributed by atoms with van der Waals surface area (Å²) in [5, 5.41) is 0.196. The first-order valence-corrected chi connectivity index (χ1v) is 12.3. The molecule has 0 aliphatic carbocycles. The molecule has 0 saturated carbocycles. The molecule has 2 amide bonds. The van der Waals surface area contributed by atoms with E-state index in [-0.39, 0.29) is 28.9 Å². The van der Waals surface area contributed by atoms with E-state index in [0.29, 0.717) is 28.3 Å². The lowest BCUT2D eigenvalue weighted by Crippen LogP contribution is -2.51. The van der Waals surface area contributed by atoms with Gasteiger partial charge in [-0.15, -0.1) is 0 Å². The highest BCUT2D eigenvalue weighted by Gasteiger charge is 2.60. The normalized spacial score (nSPS) is 19.6. The Morgan fingerprint density at radius 3 is 2.56 bits per heavy atom. The number of aromatic nitrogens is 1. The van der Waals surface area contributed by atoms with Crippen LogP contribution in [0.3, 0.4) is 0 Å². The lowest BCUT2D eigenvalue weighted by atomic mass is 9.90. The second-order valence-electron chi connectivity index (χ2n) is 8.34. The molecule has 2 aliphatic heterocycles. The van der Waals surface area contributed by atoms with Gasteiger partial charge in [-0.2, -0.15) is 0 Å². The smallest absolute Gasteiger partial charge is 0.275 e. The van der Waals surface area contributed by atoms with Gasteiger partial charge in [-0.25, -0.2) is 12.7 Å². The van der Waals surface area contributed by atoms with Gasteiger partial charge in [0.25, 0.3) is 21.8 Å². The first kappa shape index (κ1) is 22.6. The van der Waals surface area contributed by atoms with Crippen molar-refractivity contribution in [2.24, 2.45) is 0 Å². The Bertz CT molecular complexity index is 1430. The Balaban J connectivity index is 1.70. The summed E-state index contributed by atoms with van der Waals surface area (Å²) in [7, 11) is -1.10. The second kappa shape index (κ2) is 7.66. The van der Waals surface area contributed by atoms with Crippen LogP contribution in [-0.2, 0) is 15.7 Å². The van der Waals surface area contributed by atoms with Crippen molar-refractivity contribution in [1.29, 1.82) is 0 Å². The van der Waals surface area contributed by atoms with Gasteiger partial charge in [0.2, 0.25) is 5.09 Å². The number of furan rings is 1. The number of aryl methyl sites for hydroxylation is 1. The molecule has 0 radical (unpaired) electrons. The number of halogens is 1. The minimum Gasteiger partial charge on any atom is -0.448 e. The minimum absolute atomic E-state index is 0.111. The van der Waals surface area contributed by atoms with Gasteiger partial charge in [-0.05, 0) is 25.1 Å². The molecule has 1 atom stereocenters. The second-order valence-corrected chi connectivity index (χ2v) is 10.9. The van der Waals surface area contributed by atoms with E-state index < -0.39 is 21.6 Å². The largest absolute Gasteiger partial charge is 0.448 e. The van der Waals surface area contributed by atoms with Crippen molar-refractivity contribution in [2.45, 2.75) is 17.7 Å². The van der Waals surface area contributed by atoms with Gasteiger partial charge >= 0.3 is 0 Å². The zero-order chi connectivity index (χ0) is 24.4. The van der Waals surface area contributed by atoms with Gasteiger partial charge in [0.15, 0.2) is 5.66 Å². The fraction of sp³-hybridized carbons (Fsp3) is 0.261. The van der Waals surface area contributed by atoms with E-state index in [1.807, 2.05) is 0 Å². The van der Waals surface area contributed by atoms with Crippen molar-refractivity contribution in [2.75, 3.05) is 27.2 Å². The number of rotatable bonds is 4. The SMILES string of the molecule is Cc1oc(S(=O)(=O)N(C)C)cc1C(=O)N1CCN2C(=O)c3ccncc3C21c1ccc(Cl)cc1. The number of carbonyl (C=O) groups excluding carboxylic acids is 2. The molecule has 176 valence electrons. The van der Waals surface area contributed by atoms with Gasteiger partial charge in [0, 0.05) is 61.8 Å². The molecule has 9 nitrogen and oxygen atoms in total. The van der Waals surface area contributed by atoms with E-state index >= 15 is 0 Å². The highest BCUT2D eigenvalue weighted by molar-refractivity contribution is 7.88. The number of nitrogens with zero attached hydrogens (tertiary/aromatic N) is 4. The monoisotopic (exact) mass is 500 g/mol. The van der Waals surface area contributed by atoms with E-state index in [2.05, 4.69) is 4.98 Å². The average molecular weight is 501 g/mol. The van der Waals surface area contributed by atoms with Gasteiger partial charge in [-0.3, -0.25) is 14.6 Å². The summed E-state index contributed by atoms with van der Waals surface area (Å²) in [5.41, 5.74) is 0.579. The fourth-order valence-corrected chi connectivity index (χ4v) is 5.71. The van der Waals surface area contributed by atoms with Crippen LogP contribution in [-0.4, -0.2) is 66.5 Å². The molecule has 2 aliphatic rings. The van der Waals surface area contributed by atoms with E-state index in [9.17, 15) is 18.0 Å². The summed E-state index contributed by atoms with van der Waals surface area (Å²) in [5.74, 6) is -0.489. The van der Waals surface area contributed by atoms with Crippen LogP contribution in [0.4, 0.5) is 0 Å². The molecule has 4 heterocycles. The van der Waals surface area contributed by atoms with E-state index in [0.717, 1.165) is 4.31 Å². The molecule has 1 unspecified atom stereocenters. The fourth-order valence-electron chi connectivity index (χ4n) is 4.73. The molecular formula is C23H21ClN4O5S. The molecule has 2 aromatic heterocycles. The maximum atomic E-state index is 14.0. The third-order valence-electron chi connectivity index (χ3n) is 6.35. The van der Waals surface area contributed by atoms with Crippen LogP contribution < -0.4 is 0 Å². The van der Waals surface area contributed by atoms with Crippen LogP contribution in [0.5, 0.6) is 0 Å². The average Bonchev–Trinajstić information content (AvgIpc) is 3.46. The van der Waals surface area contributed by atoms with E-state index in [4.69, 9.17) is 16.0 Å². The Morgan fingerprint density at radius 1 is 1.18 bits per heavy atom. The lowest BCUT2D eigenvalue weighted by molar-refractivity contribution is 0.0373. The lowest BCUT2D eigenvalue weighted by Gasteiger charge is -2.40. The van der Waals surface area contributed by atoms with E-state index in [1.165, 1.54) is 20.2 Å². The van der Waals surface area contributed by atoms with Crippen molar-refractivity contribution in [1.82, 2.24) is 19.1 Å². The Kier molecular flexibility index (Phi) is 5.08. The Labute approximate surface area is 201 Å². The predicted molar refractivity (Wildman–Crippen MR) is 123 cm³/mol. The topological polar surface area (TPSA) is 104 Å². The van der Waals surface area contributed by atoms with Gasteiger partial charge < -0.3 is 14.2 Å². The van der Waals surface area contributed by atoms with Crippen molar-refractivity contribution in [3.8, 4) is 0 Å². The van der Waals surface area contributed by atoms with Crippen LogP contribution in [0, 0.1) is 6.92 Å². The maximum absolute atomic E-state index is 14.0. The Hall–Kier alpha value is -3.21. The van der Waals surface area contributed by atoms with Crippen molar-refractivity contribution in [3.63, 3.8) is 0 Å². The molecule has 0 bridgehead atoms. The molecule has 1 saturated heterocycles. The molecular weight excluding hydrogens is 480 g/mol. The molecule has 0 spiro atoms. The number of sulfonamides is 1. The third kappa shape index (κ3) is 2.95. The summed E-state index contributed by atoms with van der Waals surface area (Å²) in [6.07, 6.45) is 3.14. The quantitative estimate of drug-likeness (QED) is 0.545. The number of fused-ring (bicyclic) bond motifs is 3. The number of amides is 2. The first-order valence-electron chi connectivity index (χ1n) is 10.5. The summed E-state index contributed by atoms with van der Waals surface area (Å²) in [4.78, 5) is 34.7. The minimum atomic E-state index is -3.88. The van der Waals surface area contributed by atoms with Crippen LogP contribution >= 0.6 is 11.6 Å². The van der Waals surface area contributed by atoms with Crippen LogP contribution in [0.25, 0.3) is 0 Å². The van der Waals surface area contributed by atoms with E-state index in [1.54, 1.807) is 59.4 Å². The standard InChI is InChI=1S/C23H21ClN4O5S/c1-14-18(12-20(33-14)34(31,32)26(2)3)22(30)28-11-10-27-21(29)17-8-9-25-13-19(17)23(27,28)15-4-6-16(24)7-5-15/h4-9,12-13H,10-11H2,1-3H3. The summed E-state index contributed by atoms with van der Waals surface area (Å²) < 4.78 is 31.7. The molecule has 1 aromatic carbocycles. The van der Waals surface area contributed by atoms with Crippen molar-refractivity contribution >= 4 is 33.4 Å². The highest BCUT2D eigenvalue weighted by atomic mass is 35.5. The number of pyridine rings is 1. The van der Waals surface area contributed by atoms with Crippen LogP contribution in [0.1, 0.15) is 37.6 Å². The zero-order valence-electron chi connectivity index (χ0n) is 18.6. The first-order chi connectivity index (χ1) is 16.1. The molecule has 11 heteroatoms. The maximum Gasteiger partial charge on any atom is 0.275 e. The predicted octanol–water partition coefficient (Wildman–Crippen LogP) is 2.70. The molecule has 34 heavy (non-hydrogen) atoms. The number of carbonyl (C=O) groups is 2. The van der Waals surface area contributed by atoms with Crippen molar-refractivity contribution < 1.29 is 22.4 Å². The zero-order valence-corrected chi connectivity index (χ0v) is 20.2. The van der Waals surface area contributed by atoms with Crippen molar-refractivity contribution in [3.05, 3.63) is 81.8 Å². The number of hydrogen-bond donors (Lipinski definition) is 0. The summed E-state index contributed by atoms with van der Waals surface area (Å²) >= 11 is 6.13. The van der Waals surface area contributed by atoms with Gasteiger partial charge in [-0.1, -0.05) is 23.7 Å². The van der Waals surface area contributed by atoms with Crippen LogP contribution in [0.2, 0.25) is 5.02 Å². The summed E-state index contributed by atoms with van der Waals surface area (Å²) in [6, 6.07) is 9.84. The number of benzene rings is 1. The summed E-state index contributed by atoms with van der Waals surface area (Å²) in [6.45, 7) is 2.07. The molecule has 3 aromatic rings. The highest BCUT2D eigenvalue weighted by Crippen LogP contribution is 2.50. The number of hydrogen-bond acceptors (Lipinski definition) is 6. The molecule has 0 N–H and O–H groups in total. The van der Waals surface area contributed by atoms with Gasteiger partial charge in [0.05, 0.1) is 11.1 Å². The van der Waals surface area contributed by atoms with Gasteiger partial charge in [0.1, 0.15) is 5.76 Å².